The van der Waals surface area contributed by atoms with E-state index < -0.39 is 17.1 Å². The topological polar surface area (TPSA) is 79.0 Å². The lowest BCUT2D eigenvalue weighted by Gasteiger charge is -2.47. The van der Waals surface area contributed by atoms with Crippen LogP contribution in [-0.2, 0) is 9.59 Å². The van der Waals surface area contributed by atoms with E-state index in [0.717, 1.165) is 46.4 Å². The number of methoxy groups -OCH3 is 1. The number of nitrogens with zero attached hydrogens (tertiary/aromatic N) is 2. The van der Waals surface area contributed by atoms with Crippen molar-refractivity contribution in [3.63, 3.8) is 0 Å². The van der Waals surface area contributed by atoms with Gasteiger partial charge in [0, 0.05) is 35.1 Å². The van der Waals surface area contributed by atoms with Crippen LogP contribution < -0.4 is 15.0 Å². The van der Waals surface area contributed by atoms with Gasteiger partial charge in [0.2, 0.25) is 5.91 Å². The zero-order valence-electron chi connectivity index (χ0n) is 21.7. The summed E-state index contributed by atoms with van der Waals surface area (Å²) in [6, 6.07) is 11.4. The van der Waals surface area contributed by atoms with Gasteiger partial charge >= 0.3 is 0 Å². The molecule has 1 unspecified atom stereocenters. The van der Waals surface area contributed by atoms with E-state index in [1.165, 1.54) is 5.56 Å². The molecular formula is C28H33N3O4S. The van der Waals surface area contributed by atoms with E-state index in [2.05, 4.69) is 44.0 Å². The minimum absolute atomic E-state index is 0.0233. The molecule has 0 aromatic heterocycles. The molecule has 2 aromatic rings. The van der Waals surface area contributed by atoms with E-state index in [9.17, 15) is 14.4 Å². The Morgan fingerprint density at radius 1 is 1.22 bits per heavy atom. The van der Waals surface area contributed by atoms with Crippen molar-refractivity contribution >= 4 is 46.3 Å². The van der Waals surface area contributed by atoms with Crippen LogP contribution in [0.15, 0.2) is 41.3 Å². The second-order valence-corrected chi connectivity index (χ2v) is 11.0. The molecule has 8 heteroatoms. The van der Waals surface area contributed by atoms with E-state index >= 15 is 0 Å². The summed E-state index contributed by atoms with van der Waals surface area (Å²) in [5.74, 6) is 0.0652. The standard InChI is InChI=1S/C28H33N3O4S/c1-7-31-22-14-23(35-6)19(12-21(22)18(3)15-28(31,4)5)13-24-26(33)30(27(34)36-24)16-25(32)29-20-10-8-17(2)9-11-20/h8-14,18H,7,15-16H2,1-6H3,(H,29,32)/b24-13+. The molecular weight excluding hydrogens is 474 g/mol. The molecule has 190 valence electrons. The number of rotatable bonds is 6. The zero-order chi connectivity index (χ0) is 26.2. The van der Waals surface area contributed by atoms with Crippen LogP contribution >= 0.6 is 11.8 Å². The Morgan fingerprint density at radius 2 is 1.92 bits per heavy atom. The van der Waals surface area contributed by atoms with Crippen LogP contribution in [0.25, 0.3) is 6.08 Å². The van der Waals surface area contributed by atoms with Crippen molar-refractivity contribution in [3.8, 4) is 5.75 Å². The molecule has 2 aliphatic heterocycles. The van der Waals surface area contributed by atoms with Gasteiger partial charge in [0.05, 0.1) is 12.0 Å². The molecule has 36 heavy (non-hydrogen) atoms. The Morgan fingerprint density at radius 3 is 2.56 bits per heavy atom. The van der Waals surface area contributed by atoms with E-state index in [4.69, 9.17) is 4.74 Å². The summed E-state index contributed by atoms with van der Waals surface area (Å²) in [6.45, 7) is 11.4. The van der Waals surface area contributed by atoms with Gasteiger partial charge in [-0.05, 0) is 81.6 Å². The first-order chi connectivity index (χ1) is 17.0. The van der Waals surface area contributed by atoms with Gasteiger partial charge in [-0.3, -0.25) is 19.3 Å². The normalized spacial score (nSPS) is 20.1. The third-order valence-corrected chi connectivity index (χ3v) is 7.76. The number of carbonyl (C=O) groups excluding carboxylic acids is 3. The lowest BCUT2D eigenvalue weighted by atomic mass is 9.79. The van der Waals surface area contributed by atoms with Crippen LogP contribution in [0.2, 0.25) is 0 Å². The van der Waals surface area contributed by atoms with E-state index in [1.54, 1.807) is 25.3 Å². The highest BCUT2D eigenvalue weighted by Gasteiger charge is 2.38. The van der Waals surface area contributed by atoms with Crippen molar-refractivity contribution in [1.82, 2.24) is 4.90 Å². The molecule has 0 spiro atoms. The van der Waals surface area contributed by atoms with Crippen LogP contribution in [-0.4, -0.2) is 47.7 Å². The lowest BCUT2D eigenvalue weighted by Crippen LogP contribution is -2.48. The minimum Gasteiger partial charge on any atom is -0.496 e. The molecule has 0 radical (unpaired) electrons. The molecule has 7 nitrogen and oxygen atoms in total. The van der Waals surface area contributed by atoms with E-state index in [1.807, 2.05) is 25.1 Å². The lowest BCUT2D eigenvalue weighted by molar-refractivity contribution is -0.127. The summed E-state index contributed by atoms with van der Waals surface area (Å²) >= 11 is 0.842. The Hall–Kier alpha value is -3.26. The first kappa shape index (κ1) is 25.8. The van der Waals surface area contributed by atoms with Crippen molar-refractivity contribution < 1.29 is 19.1 Å². The first-order valence-corrected chi connectivity index (χ1v) is 13.0. The Kier molecular flexibility index (Phi) is 7.18. The second kappa shape index (κ2) is 10.0. The van der Waals surface area contributed by atoms with Crippen LogP contribution in [0, 0.1) is 6.92 Å². The highest BCUT2D eigenvalue weighted by molar-refractivity contribution is 8.18. The summed E-state index contributed by atoms with van der Waals surface area (Å²) in [7, 11) is 1.61. The smallest absolute Gasteiger partial charge is 0.294 e. The van der Waals surface area contributed by atoms with Crippen molar-refractivity contribution in [2.75, 3.05) is 30.4 Å². The van der Waals surface area contributed by atoms with Crippen molar-refractivity contribution in [3.05, 3.63) is 58.0 Å². The quantitative estimate of drug-likeness (QED) is 0.499. The number of thioether (sulfide) groups is 1. The SMILES string of the molecule is CCN1c2cc(OC)c(/C=C3/SC(=O)N(CC(=O)Nc4ccc(C)cc4)C3=O)cc2C(C)CC1(C)C. The number of benzene rings is 2. The number of amides is 3. The first-order valence-electron chi connectivity index (χ1n) is 12.2. The van der Waals surface area contributed by atoms with Gasteiger partial charge < -0.3 is 15.0 Å². The summed E-state index contributed by atoms with van der Waals surface area (Å²) in [4.78, 5) is 41.8. The van der Waals surface area contributed by atoms with Crippen molar-refractivity contribution in [1.29, 1.82) is 0 Å². The number of hydrogen-bond acceptors (Lipinski definition) is 6. The van der Waals surface area contributed by atoms with E-state index in [-0.39, 0.29) is 17.0 Å². The molecule has 1 saturated heterocycles. The molecule has 3 amide bonds. The van der Waals surface area contributed by atoms with E-state index in [0.29, 0.717) is 17.4 Å². The summed E-state index contributed by atoms with van der Waals surface area (Å²) in [5, 5.41) is 2.27. The predicted molar refractivity (Wildman–Crippen MR) is 146 cm³/mol. The fourth-order valence-corrected chi connectivity index (χ4v) is 6.00. The maximum atomic E-state index is 13.1. The molecule has 0 saturated carbocycles. The summed E-state index contributed by atoms with van der Waals surface area (Å²) < 4.78 is 5.69. The molecule has 2 heterocycles. The molecule has 1 N–H and O–H groups in total. The molecule has 2 aromatic carbocycles. The largest absolute Gasteiger partial charge is 0.496 e. The number of carbonyl (C=O) groups is 3. The Bertz CT molecular complexity index is 1240. The maximum Gasteiger partial charge on any atom is 0.294 e. The summed E-state index contributed by atoms with van der Waals surface area (Å²) in [6.07, 6.45) is 2.71. The number of imide groups is 1. The van der Waals surface area contributed by atoms with Crippen molar-refractivity contribution in [2.24, 2.45) is 0 Å². The molecule has 0 aliphatic carbocycles. The fourth-order valence-electron chi connectivity index (χ4n) is 5.17. The Labute approximate surface area is 216 Å². The zero-order valence-corrected chi connectivity index (χ0v) is 22.5. The number of fused-ring (bicyclic) bond motifs is 1. The van der Waals surface area contributed by atoms with Gasteiger partial charge in [-0.25, -0.2) is 0 Å². The average Bonchev–Trinajstić information content (AvgIpc) is 3.07. The fraction of sp³-hybridized carbons (Fsp3) is 0.393. The number of ether oxygens (including phenoxy) is 1. The molecule has 1 atom stereocenters. The number of anilines is 2. The Balaban J connectivity index is 1.58. The van der Waals surface area contributed by atoms with Gasteiger partial charge in [0.15, 0.2) is 0 Å². The van der Waals surface area contributed by atoms with Crippen LogP contribution in [0.3, 0.4) is 0 Å². The third kappa shape index (κ3) is 5.00. The maximum absolute atomic E-state index is 13.1. The predicted octanol–water partition coefficient (Wildman–Crippen LogP) is 5.79. The molecule has 2 aliphatic rings. The highest BCUT2D eigenvalue weighted by Crippen LogP contribution is 2.46. The highest BCUT2D eigenvalue weighted by atomic mass is 32.2. The monoisotopic (exact) mass is 507 g/mol. The summed E-state index contributed by atoms with van der Waals surface area (Å²) in [5.41, 5.74) is 4.78. The molecule has 1 fully saturated rings. The van der Waals surface area contributed by atoms with Crippen LogP contribution in [0.4, 0.5) is 16.2 Å². The third-order valence-electron chi connectivity index (χ3n) is 6.85. The number of nitrogens with one attached hydrogen (secondary N) is 1. The van der Waals surface area contributed by atoms with Gasteiger partial charge in [-0.15, -0.1) is 0 Å². The molecule has 4 rings (SSSR count). The van der Waals surface area contributed by atoms with Gasteiger partial charge in [-0.1, -0.05) is 24.6 Å². The average molecular weight is 508 g/mol. The van der Waals surface area contributed by atoms with Crippen molar-refractivity contribution in [2.45, 2.75) is 52.5 Å². The minimum atomic E-state index is -0.479. The van der Waals surface area contributed by atoms with Crippen LogP contribution in [0.1, 0.15) is 56.7 Å². The second-order valence-electron chi connectivity index (χ2n) is 10.00. The number of hydrogen-bond donors (Lipinski definition) is 1. The molecule has 0 bridgehead atoms. The van der Waals surface area contributed by atoms with Gasteiger partial charge in [0.1, 0.15) is 12.3 Å². The van der Waals surface area contributed by atoms with Gasteiger partial charge in [0.25, 0.3) is 11.1 Å². The van der Waals surface area contributed by atoms with Gasteiger partial charge in [-0.2, -0.15) is 0 Å². The number of aryl methyl sites for hydroxylation is 1. The van der Waals surface area contributed by atoms with Crippen LogP contribution in [0.5, 0.6) is 5.75 Å².